The van der Waals surface area contributed by atoms with Gasteiger partial charge in [0.05, 0.1) is 24.7 Å². The van der Waals surface area contributed by atoms with Gasteiger partial charge in [0, 0.05) is 44.7 Å². The Hall–Kier alpha value is -0.980. The van der Waals surface area contributed by atoms with E-state index >= 15 is 0 Å². The number of halogens is 3. The number of hydrogen-bond acceptors (Lipinski definition) is 7. The molecule has 0 aromatic heterocycles. The zero-order valence-electron chi connectivity index (χ0n) is 24.8. The normalized spacial score (nSPS) is 34.8. The highest BCUT2D eigenvalue weighted by molar-refractivity contribution is 5.80. The molecule has 4 saturated heterocycles. The number of hydrogen-bond donors (Lipinski definition) is 5. The lowest BCUT2D eigenvalue weighted by Gasteiger charge is -2.46. The average molecular weight is 586 g/mol. The van der Waals surface area contributed by atoms with Gasteiger partial charge < -0.3 is 27.4 Å². The van der Waals surface area contributed by atoms with Crippen molar-refractivity contribution in [1.29, 1.82) is 0 Å². The summed E-state index contributed by atoms with van der Waals surface area (Å²) in [4.78, 5) is 18.3. The van der Waals surface area contributed by atoms with Crippen LogP contribution in [0.15, 0.2) is 0 Å². The van der Waals surface area contributed by atoms with Crippen LogP contribution in [0.3, 0.4) is 0 Å². The topological polar surface area (TPSA) is 112 Å². The van der Waals surface area contributed by atoms with Crippen molar-refractivity contribution in [2.45, 2.75) is 113 Å². The number of likely N-dealkylation sites (tertiary alicyclic amines) is 2. The highest BCUT2D eigenvalue weighted by Gasteiger charge is 2.44. The summed E-state index contributed by atoms with van der Waals surface area (Å²) < 4.78 is 42.0. The van der Waals surface area contributed by atoms with Crippen molar-refractivity contribution in [2.24, 2.45) is 28.7 Å². The zero-order chi connectivity index (χ0) is 29.0. The molecule has 0 aromatic rings. The van der Waals surface area contributed by atoms with Gasteiger partial charge in [-0.05, 0) is 82.3 Å². The molecular formula is C30H54F3N7O. The average Bonchev–Trinajstić information content (AvgIpc) is 3.29. The maximum Gasteiger partial charge on any atom is 0.261 e. The summed E-state index contributed by atoms with van der Waals surface area (Å²) in [5, 5.41) is 10.2. The largest absolute Gasteiger partial charge is 0.350 e. The number of nitrogens with one attached hydrogen (secondary N) is 3. The van der Waals surface area contributed by atoms with Crippen molar-refractivity contribution >= 4 is 5.91 Å². The highest BCUT2D eigenvalue weighted by atomic mass is 19.3. The van der Waals surface area contributed by atoms with Crippen molar-refractivity contribution in [3.63, 3.8) is 0 Å². The monoisotopic (exact) mass is 585 g/mol. The molecule has 5 aliphatic rings. The molecule has 236 valence electrons. The van der Waals surface area contributed by atoms with Crippen LogP contribution in [0.4, 0.5) is 13.2 Å². The molecule has 1 amide bonds. The Balaban J connectivity index is 1.20. The Kier molecular flexibility index (Phi) is 10.6. The fourth-order valence-electron chi connectivity index (χ4n) is 8.62. The summed E-state index contributed by atoms with van der Waals surface area (Å²) in [6.45, 7) is 4.76. The van der Waals surface area contributed by atoms with E-state index < -0.39 is 24.2 Å². The molecule has 0 radical (unpaired) electrons. The van der Waals surface area contributed by atoms with Crippen LogP contribution in [-0.4, -0.2) is 104 Å². The predicted molar refractivity (Wildman–Crippen MR) is 155 cm³/mol. The first-order valence-corrected chi connectivity index (χ1v) is 16.4. The Morgan fingerprint density at radius 3 is 2.41 bits per heavy atom. The second-order valence-corrected chi connectivity index (χ2v) is 14.0. The minimum absolute atomic E-state index is 0.0263. The van der Waals surface area contributed by atoms with Crippen molar-refractivity contribution in [1.82, 2.24) is 25.8 Å². The van der Waals surface area contributed by atoms with Gasteiger partial charge in [-0.2, -0.15) is 0 Å². The van der Waals surface area contributed by atoms with Crippen LogP contribution in [0, 0.1) is 17.3 Å². The number of nitrogens with zero attached hydrogens (tertiary/aromatic N) is 2. The predicted octanol–water partition coefficient (Wildman–Crippen LogP) is 2.18. The highest BCUT2D eigenvalue weighted by Crippen LogP contribution is 2.46. The van der Waals surface area contributed by atoms with E-state index in [4.69, 9.17) is 11.5 Å². The van der Waals surface area contributed by atoms with Crippen molar-refractivity contribution in [3.05, 3.63) is 0 Å². The van der Waals surface area contributed by atoms with Gasteiger partial charge in [0.15, 0.2) is 0 Å². The van der Waals surface area contributed by atoms with E-state index in [2.05, 4.69) is 20.9 Å². The number of nitrogens with two attached hydrogens (primary N) is 2. The van der Waals surface area contributed by atoms with E-state index in [1.165, 1.54) is 6.42 Å². The van der Waals surface area contributed by atoms with Crippen molar-refractivity contribution < 1.29 is 18.0 Å². The lowest BCUT2D eigenvalue weighted by Crippen LogP contribution is -2.64. The molecule has 0 aromatic carbocycles. The SMILES string of the molecule is NC(N)C(C(=O)NC1CNCCC1N1CCC(CN2CCC(F)(F)C2)CC1)C1CC2(CCCCC2)CCC(F)CN1. The fourth-order valence-corrected chi connectivity index (χ4v) is 8.62. The summed E-state index contributed by atoms with van der Waals surface area (Å²) in [5.41, 5.74) is 12.7. The number of carbonyl (C=O) groups excluding carboxylic acids is 1. The van der Waals surface area contributed by atoms with E-state index in [0.29, 0.717) is 25.4 Å². The first-order valence-electron chi connectivity index (χ1n) is 16.4. The summed E-state index contributed by atoms with van der Waals surface area (Å²) in [7, 11) is 0. The van der Waals surface area contributed by atoms with Gasteiger partial charge in [0.2, 0.25) is 5.91 Å². The third-order valence-corrected chi connectivity index (χ3v) is 11.0. The first-order chi connectivity index (χ1) is 19.6. The van der Waals surface area contributed by atoms with Gasteiger partial charge in [-0.25, -0.2) is 13.2 Å². The minimum atomic E-state index is -2.54. The molecule has 1 aliphatic carbocycles. The van der Waals surface area contributed by atoms with Gasteiger partial charge in [-0.15, -0.1) is 0 Å². The Morgan fingerprint density at radius 2 is 1.73 bits per heavy atom. The first kappa shape index (κ1) is 31.4. The standard InChI is InChI=1S/C30H54F3N7O/c31-22-4-10-29(8-2-1-3-9-29)16-23(37-17-22)26(27(34)35)28(41)38-24-18-36-12-5-25(24)40-13-6-21(7-14-40)19-39-15-11-30(32,33)20-39/h21-27,36-37H,1-20,34-35H2,(H,38,41). The molecule has 8 nitrogen and oxygen atoms in total. The maximum atomic E-state index is 14.7. The molecule has 5 atom stereocenters. The molecular weight excluding hydrogens is 531 g/mol. The number of amides is 1. The van der Waals surface area contributed by atoms with Crippen LogP contribution in [0.1, 0.15) is 77.0 Å². The molecule has 5 rings (SSSR count). The van der Waals surface area contributed by atoms with E-state index in [9.17, 15) is 18.0 Å². The van der Waals surface area contributed by atoms with Crippen molar-refractivity contribution in [3.8, 4) is 0 Å². The van der Waals surface area contributed by atoms with E-state index in [0.717, 1.165) is 84.0 Å². The fraction of sp³-hybridized carbons (Fsp3) is 0.967. The molecule has 1 saturated carbocycles. The number of piperidine rings is 2. The molecule has 5 unspecified atom stereocenters. The number of alkyl halides is 3. The molecule has 11 heteroatoms. The summed E-state index contributed by atoms with van der Waals surface area (Å²) in [6, 6.07) is -0.120. The Labute approximate surface area is 244 Å². The molecule has 1 spiro atoms. The minimum Gasteiger partial charge on any atom is -0.350 e. The van der Waals surface area contributed by atoms with Crippen LogP contribution in [0.25, 0.3) is 0 Å². The molecule has 4 aliphatic heterocycles. The summed E-state index contributed by atoms with van der Waals surface area (Å²) in [5.74, 6) is -2.87. The Morgan fingerprint density at radius 1 is 0.976 bits per heavy atom. The summed E-state index contributed by atoms with van der Waals surface area (Å²) in [6.07, 6.45) is 9.07. The van der Waals surface area contributed by atoms with Gasteiger partial charge in [0.1, 0.15) is 6.17 Å². The molecule has 4 heterocycles. The molecule has 7 N–H and O–H groups in total. The van der Waals surface area contributed by atoms with Crippen LogP contribution in [0.2, 0.25) is 0 Å². The Bertz CT molecular complexity index is 850. The number of rotatable bonds is 7. The molecule has 5 fully saturated rings. The van der Waals surface area contributed by atoms with Crippen LogP contribution in [-0.2, 0) is 4.79 Å². The van der Waals surface area contributed by atoms with Crippen molar-refractivity contribution in [2.75, 3.05) is 52.4 Å². The quantitative estimate of drug-likeness (QED) is 0.291. The lowest BCUT2D eigenvalue weighted by molar-refractivity contribution is -0.128. The van der Waals surface area contributed by atoms with Gasteiger partial charge >= 0.3 is 0 Å². The van der Waals surface area contributed by atoms with Crippen LogP contribution < -0.4 is 27.4 Å². The van der Waals surface area contributed by atoms with E-state index in [1.54, 1.807) is 0 Å². The molecule has 0 bridgehead atoms. The third-order valence-electron chi connectivity index (χ3n) is 11.0. The lowest BCUT2D eigenvalue weighted by atomic mass is 9.65. The van der Waals surface area contributed by atoms with E-state index in [-0.39, 0.29) is 49.0 Å². The smallest absolute Gasteiger partial charge is 0.261 e. The van der Waals surface area contributed by atoms with Crippen LogP contribution in [0.5, 0.6) is 0 Å². The maximum absolute atomic E-state index is 14.7. The van der Waals surface area contributed by atoms with Gasteiger partial charge in [-0.1, -0.05) is 19.3 Å². The van der Waals surface area contributed by atoms with Gasteiger partial charge in [0.25, 0.3) is 5.92 Å². The zero-order valence-corrected chi connectivity index (χ0v) is 24.8. The molecule has 41 heavy (non-hydrogen) atoms. The second-order valence-electron chi connectivity index (χ2n) is 14.0. The van der Waals surface area contributed by atoms with Crippen LogP contribution >= 0.6 is 0 Å². The number of carbonyl (C=O) groups is 1. The third kappa shape index (κ3) is 8.15. The van der Waals surface area contributed by atoms with E-state index in [1.807, 2.05) is 4.90 Å². The van der Waals surface area contributed by atoms with Gasteiger partial charge in [-0.3, -0.25) is 14.6 Å². The summed E-state index contributed by atoms with van der Waals surface area (Å²) >= 11 is 0. The second kappa shape index (κ2) is 13.8.